The fraction of sp³-hybridized carbons (Fsp3) is 0.303. The number of anilines is 1. The molecule has 1 saturated heterocycles. The van der Waals surface area contributed by atoms with Crippen molar-refractivity contribution in [2.45, 2.75) is 25.3 Å². The van der Waals surface area contributed by atoms with Crippen LogP contribution in [0.3, 0.4) is 0 Å². The summed E-state index contributed by atoms with van der Waals surface area (Å²) in [4.78, 5) is 56.4. The minimum Gasteiger partial charge on any atom is -0.481 e. The summed E-state index contributed by atoms with van der Waals surface area (Å²) < 4.78 is 7.79. The molecular weight excluding hydrogens is 633 g/mol. The topological polar surface area (TPSA) is 136 Å². The van der Waals surface area contributed by atoms with Crippen LogP contribution in [0.15, 0.2) is 58.3 Å². The van der Waals surface area contributed by atoms with Gasteiger partial charge in [-0.2, -0.15) is 0 Å². The second-order valence-corrected chi connectivity index (χ2v) is 12.3. The van der Waals surface area contributed by atoms with Crippen molar-refractivity contribution in [1.82, 2.24) is 19.0 Å². The number of aromatic nitrogens is 3. The van der Waals surface area contributed by atoms with E-state index in [4.69, 9.17) is 32.9 Å². The standard InChI is InChI=1S/C33H31Cl2N5O6/c1-38-16-22(31(42)39(2)33(38)45)29(41)36-23-9-5-7-20(28(23)35)19-6-4-8-21(27(19)34)24-14-17-10-11-25(26(17)30(37-24)46-3)40-13-12-18(15-40)32(43)44/h4-9,14,16,18,25H,10-13,15H2,1-3H3,(H,36,41)(H,43,44). The number of ether oxygens (including phenoxy) is 1. The molecule has 0 radical (unpaired) electrons. The molecule has 2 N–H and O–H groups in total. The van der Waals surface area contributed by atoms with Crippen LogP contribution in [0.2, 0.25) is 10.0 Å². The van der Waals surface area contributed by atoms with Crippen LogP contribution < -0.4 is 21.3 Å². The minimum absolute atomic E-state index is 0.0374. The summed E-state index contributed by atoms with van der Waals surface area (Å²) in [6, 6.07) is 12.7. The van der Waals surface area contributed by atoms with Crippen LogP contribution in [0.1, 0.15) is 40.4 Å². The van der Waals surface area contributed by atoms with Gasteiger partial charge in [-0.3, -0.25) is 23.9 Å². The SMILES string of the molecule is COc1nc(-c2cccc(-c3cccc(NC(=O)c4cn(C)c(=O)n(C)c4=O)c3Cl)c2Cl)cc2c1C(N1CCC(C(=O)O)C1)CC2. The lowest BCUT2D eigenvalue weighted by Gasteiger charge is -2.25. The number of aliphatic carboxylic acids is 1. The van der Waals surface area contributed by atoms with Gasteiger partial charge in [-0.25, -0.2) is 9.78 Å². The first-order chi connectivity index (χ1) is 22.0. The Morgan fingerprint density at radius 2 is 1.72 bits per heavy atom. The molecule has 2 unspecified atom stereocenters. The van der Waals surface area contributed by atoms with Gasteiger partial charge in [0, 0.05) is 55.1 Å². The van der Waals surface area contributed by atoms with Crippen LogP contribution in [0.5, 0.6) is 5.88 Å². The van der Waals surface area contributed by atoms with E-state index < -0.39 is 23.1 Å². The number of nitrogens with one attached hydrogen (secondary N) is 1. The second kappa shape index (κ2) is 12.4. The molecule has 11 nitrogen and oxygen atoms in total. The third kappa shape index (κ3) is 5.48. The molecule has 46 heavy (non-hydrogen) atoms. The van der Waals surface area contributed by atoms with Crippen LogP contribution in [0, 0.1) is 5.92 Å². The van der Waals surface area contributed by atoms with E-state index in [2.05, 4.69) is 10.2 Å². The van der Waals surface area contributed by atoms with Gasteiger partial charge in [0.1, 0.15) is 5.56 Å². The molecule has 3 heterocycles. The summed E-state index contributed by atoms with van der Waals surface area (Å²) in [5, 5.41) is 12.8. The van der Waals surface area contributed by atoms with E-state index in [1.54, 1.807) is 25.3 Å². The number of fused-ring (bicyclic) bond motifs is 1. The smallest absolute Gasteiger partial charge is 0.330 e. The number of hydrogen-bond acceptors (Lipinski definition) is 7. The Kier molecular flexibility index (Phi) is 8.49. The van der Waals surface area contributed by atoms with Crippen molar-refractivity contribution < 1.29 is 19.4 Å². The summed E-state index contributed by atoms with van der Waals surface area (Å²) in [5.74, 6) is -1.36. The zero-order chi connectivity index (χ0) is 32.9. The van der Waals surface area contributed by atoms with E-state index in [0.717, 1.165) is 33.1 Å². The van der Waals surface area contributed by atoms with Gasteiger partial charge in [-0.05, 0) is 43.5 Å². The molecule has 0 spiro atoms. The second-order valence-electron chi connectivity index (χ2n) is 11.6. The maximum absolute atomic E-state index is 13.1. The number of carbonyl (C=O) groups excluding carboxylic acids is 1. The van der Waals surface area contributed by atoms with E-state index in [-0.39, 0.29) is 28.2 Å². The van der Waals surface area contributed by atoms with Gasteiger partial charge >= 0.3 is 11.7 Å². The van der Waals surface area contributed by atoms with Crippen molar-refractivity contribution in [1.29, 1.82) is 0 Å². The Bertz CT molecular complexity index is 2020. The van der Waals surface area contributed by atoms with Crippen LogP contribution in [0.4, 0.5) is 5.69 Å². The molecular formula is C33H31Cl2N5O6. The van der Waals surface area contributed by atoms with Gasteiger partial charge in [-0.1, -0.05) is 53.5 Å². The number of hydrogen-bond donors (Lipinski definition) is 2. The number of likely N-dealkylation sites (tertiary alicyclic amines) is 1. The molecule has 2 atom stereocenters. The number of benzene rings is 2. The van der Waals surface area contributed by atoms with Crippen molar-refractivity contribution in [2.24, 2.45) is 20.0 Å². The normalized spacial score (nSPS) is 17.6. The highest BCUT2D eigenvalue weighted by Gasteiger charge is 2.38. The number of rotatable bonds is 7. The van der Waals surface area contributed by atoms with E-state index in [9.17, 15) is 24.3 Å². The molecule has 1 amide bonds. The molecule has 2 aromatic heterocycles. The summed E-state index contributed by atoms with van der Waals surface area (Å²) >= 11 is 13.8. The van der Waals surface area contributed by atoms with Gasteiger partial charge in [0.2, 0.25) is 5.88 Å². The zero-order valence-corrected chi connectivity index (χ0v) is 26.9. The van der Waals surface area contributed by atoms with Crippen LogP contribution in [-0.4, -0.2) is 56.2 Å². The van der Waals surface area contributed by atoms with Crippen molar-refractivity contribution in [2.75, 3.05) is 25.5 Å². The molecule has 2 aromatic carbocycles. The highest BCUT2D eigenvalue weighted by Crippen LogP contribution is 2.46. The summed E-state index contributed by atoms with van der Waals surface area (Å²) in [5.41, 5.74) is 3.29. The molecule has 2 aliphatic rings. The van der Waals surface area contributed by atoms with Crippen molar-refractivity contribution in [3.63, 3.8) is 0 Å². The number of pyridine rings is 1. The van der Waals surface area contributed by atoms with E-state index >= 15 is 0 Å². The van der Waals surface area contributed by atoms with Gasteiger partial charge in [-0.15, -0.1) is 0 Å². The fourth-order valence-corrected chi connectivity index (χ4v) is 7.04. The molecule has 4 aromatic rings. The molecule has 0 bridgehead atoms. The van der Waals surface area contributed by atoms with Crippen molar-refractivity contribution >= 4 is 40.8 Å². The molecule has 0 saturated carbocycles. The average molecular weight is 665 g/mol. The molecule has 1 aliphatic heterocycles. The van der Waals surface area contributed by atoms with Crippen LogP contribution in [0.25, 0.3) is 22.4 Å². The van der Waals surface area contributed by atoms with E-state index in [1.807, 2.05) is 24.3 Å². The molecule has 1 fully saturated rings. The highest BCUT2D eigenvalue weighted by atomic mass is 35.5. The lowest BCUT2D eigenvalue weighted by Crippen LogP contribution is -2.40. The maximum Gasteiger partial charge on any atom is 0.330 e. The van der Waals surface area contributed by atoms with Gasteiger partial charge in [0.15, 0.2) is 0 Å². The Labute approximate surface area is 274 Å². The van der Waals surface area contributed by atoms with E-state index in [0.29, 0.717) is 52.8 Å². The fourth-order valence-electron chi connectivity index (χ4n) is 6.44. The van der Waals surface area contributed by atoms with Crippen molar-refractivity contribution in [3.05, 3.63) is 96.2 Å². The molecule has 1 aliphatic carbocycles. The summed E-state index contributed by atoms with van der Waals surface area (Å²) in [6.07, 6.45) is 3.45. The van der Waals surface area contributed by atoms with Gasteiger partial charge in [0.25, 0.3) is 11.5 Å². The maximum atomic E-state index is 13.1. The molecule has 6 rings (SSSR count). The third-order valence-electron chi connectivity index (χ3n) is 8.84. The Morgan fingerprint density at radius 1 is 1.02 bits per heavy atom. The molecule has 238 valence electrons. The largest absolute Gasteiger partial charge is 0.481 e. The number of carbonyl (C=O) groups is 2. The number of carboxylic acids is 1. The van der Waals surface area contributed by atoms with Crippen LogP contribution in [-0.2, 0) is 25.3 Å². The average Bonchev–Trinajstić information content (AvgIpc) is 3.70. The number of amides is 1. The summed E-state index contributed by atoms with van der Waals surface area (Å²) in [7, 11) is 4.33. The first-order valence-corrected chi connectivity index (χ1v) is 15.5. The lowest BCUT2D eigenvalue weighted by atomic mass is 9.99. The number of nitrogens with zero attached hydrogens (tertiary/aromatic N) is 4. The lowest BCUT2D eigenvalue weighted by molar-refractivity contribution is -0.141. The number of methoxy groups -OCH3 is 1. The van der Waals surface area contributed by atoms with Gasteiger partial charge < -0.3 is 19.7 Å². The van der Waals surface area contributed by atoms with Crippen molar-refractivity contribution in [3.8, 4) is 28.3 Å². The predicted molar refractivity (Wildman–Crippen MR) is 175 cm³/mol. The number of aryl methyl sites for hydroxylation is 2. The van der Waals surface area contributed by atoms with Gasteiger partial charge in [0.05, 0.1) is 34.5 Å². The Balaban J connectivity index is 1.33. The Morgan fingerprint density at radius 3 is 2.41 bits per heavy atom. The number of halogens is 2. The highest BCUT2D eigenvalue weighted by molar-refractivity contribution is 6.39. The third-order valence-corrected chi connectivity index (χ3v) is 9.65. The summed E-state index contributed by atoms with van der Waals surface area (Å²) in [6.45, 7) is 1.21. The molecule has 13 heteroatoms. The monoisotopic (exact) mass is 663 g/mol. The Hall–Kier alpha value is -4.45. The van der Waals surface area contributed by atoms with E-state index in [1.165, 1.54) is 20.3 Å². The first kappa shape index (κ1) is 31.5. The zero-order valence-electron chi connectivity index (χ0n) is 25.3. The number of carboxylic acid groups (broad SMARTS) is 1. The van der Waals surface area contributed by atoms with Crippen LogP contribution >= 0.6 is 23.2 Å². The minimum atomic E-state index is -0.765. The first-order valence-electron chi connectivity index (χ1n) is 14.7. The quantitative estimate of drug-likeness (QED) is 0.289. The predicted octanol–water partition coefficient (Wildman–Crippen LogP) is 4.77.